The lowest BCUT2D eigenvalue weighted by Crippen LogP contribution is -2.06. The van der Waals surface area contributed by atoms with Gasteiger partial charge in [-0.1, -0.05) is 18.2 Å². The first-order valence-corrected chi connectivity index (χ1v) is 8.67. The molecule has 0 amide bonds. The number of oxazole rings is 1. The molecule has 3 aromatic rings. The predicted molar refractivity (Wildman–Crippen MR) is 98.3 cm³/mol. The van der Waals surface area contributed by atoms with Gasteiger partial charge >= 0.3 is 12.1 Å². The highest BCUT2D eigenvalue weighted by Gasteiger charge is 2.30. The van der Waals surface area contributed by atoms with Crippen LogP contribution in [-0.2, 0) is 10.9 Å². The maximum Gasteiger partial charge on any atom is 0.416 e. The molecule has 2 aromatic carbocycles. The van der Waals surface area contributed by atoms with Crippen molar-refractivity contribution in [3.63, 3.8) is 0 Å². The second-order valence-corrected chi connectivity index (χ2v) is 6.13. The molecule has 0 aliphatic carbocycles. The van der Waals surface area contributed by atoms with Gasteiger partial charge in [-0.2, -0.15) is 13.2 Å². The van der Waals surface area contributed by atoms with Gasteiger partial charge in [-0.05, 0) is 44.2 Å². The number of carbonyl (C=O) groups excluding carboxylic acids is 2. The SMILES string of the molecule is CCOC(=O)c1nc(-c2ccc(C(F)(F)F)cc2)oc1-c1cccc(C(C)=O)c1. The van der Waals surface area contributed by atoms with E-state index in [1.807, 2.05) is 0 Å². The molecule has 8 heteroatoms. The Hall–Kier alpha value is -3.42. The molecule has 0 aliphatic rings. The number of Topliss-reactive ketones (excluding diaryl/α,β-unsaturated/α-hetero) is 1. The molecule has 0 fully saturated rings. The highest BCUT2D eigenvalue weighted by atomic mass is 19.4. The Morgan fingerprint density at radius 2 is 1.76 bits per heavy atom. The monoisotopic (exact) mass is 403 g/mol. The third-order valence-electron chi connectivity index (χ3n) is 4.09. The van der Waals surface area contributed by atoms with Crippen LogP contribution in [0.15, 0.2) is 52.9 Å². The smallest absolute Gasteiger partial charge is 0.416 e. The largest absolute Gasteiger partial charge is 0.461 e. The molecule has 0 saturated heterocycles. The van der Waals surface area contributed by atoms with E-state index in [1.54, 1.807) is 31.2 Å². The summed E-state index contributed by atoms with van der Waals surface area (Å²) in [5.74, 6) is -0.879. The third kappa shape index (κ3) is 4.37. The van der Waals surface area contributed by atoms with E-state index in [9.17, 15) is 22.8 Å². The van der Waals surface area contributed by atoms with Gasteiger partial charge in [0, 0.05) is 16.7 Å². The lowest BCUT2D eigenvalue weighted by atomic mass is 10.1. The molecule has 1 aromatic heterocycles. The minimum absolute atomic E-state index is 0.0370. The van der Waals surface area contributed by atoms with Crippen molar-refractivity contribution in [3.8, 4) is 22.8 Å². The molecule has 0 saturated carbocycles. The first-order chi connectivity index (χ1) is 13.7. The van der Waals surface area contributed by atoms with Crippen LogP contribution in [0.5, 0.6) is 0 Å². The normalized spacial score (nSPS) is 11.3. The van der Waals surface area contributed by atoms with Gasteiger partial charge in [0.2, 0.25) is 5.89 Å². The van der Waals surface area contributed by atoms with Crippen LogP contribution in [0.3, 0.4) is 0 Å². The van der Waals surface area contributed by atoms with Crippen LogP contribution in [0, 0.1) is 0 Å². The number of carbonyl (C=O) groups is 2. The standard InChI is InChI=1S/C21H16F3NO4/c1-3-28-20(27)17-18(15-6-4-5-14(11-15)12(2)26)29-19(25-17)13-7-9-16(10-8-13)21(22,23)24/h4-11H,3H2,1-2H3. The Bertz CT molecular complexity index is 1050. The molecule has 0 spiro atoms. The molecule has 0 radical (unpaired) electrons. The quantitative estimate of drug-likeness (QED) is 0.421. The zero-order chi connectivity index (χ0) is 21.2. The summed E-state index contributed by atoms with van der Waals surface area (Å²) in [6.07, 6.45) is -4.47. The topological polar surface area (TPSA) is 69.4 Å². The van der Waals surface area contributed by atoms with E-state index in [4.69, 9.17) is 9.15 Å². The van der Waals surface area contributed by atoms with Crippen molar-refractivity contribution < 1.29 is 31.9 Å². The van der Waals surface area contributed by atoms with Crippen molar-refractivity contribution in [2.45, 2.75) is 20.0 Å². The summed E-state index contributed by atoms with van der Waals surface area (Å²) < 4.78 is 49.0. The lowest BCUT2D eigenvalue weighted by Gasteiger charge is -2.06. The van der Waals surface area contributed by atoms with Crippen molar-refractivity contribution in [2.75, 3.05) is 6.61 Å². The Morgan fingerprint density at radius 1 is 1.07 bits per heavy atom. The molecular formula is C21H16F3NO4. The average molecular weight is 403 g/mol. The second kappa shape index (κ2) is 7.90. The summed E-state index contributed by atoms with van der Waals surface area (Å²) in [6.45, 7) is 3.14. The van der Waals surface area contributed by atoms with E-state index in [-0.39, 0.29) is 35.3 Å². The molecular weight excluding hydrogens is 387 g/mol. The fourth-order valence-electron chi connectivity index (χ4n) is 2.66. The predicted octanol–water partition coefficient (Wildman–Crippen LogP) is 5.41. The molecule has 0 unspecified atom stereocenters. The number of alkyl halides is 3. The lowest BCUT2D eigenvalue weighted by molar-refractivity contribution is -0.137. The van der Waals surface area contributed by atoms with E-state index in [0.29, 0.717) is 11.1 Å². The molecule has 150 valence electrons. The Kier molecular flexibility index (Phi) is 5.54. The van der Waals surface area contributed by atoms with Crippen molar-refractivity contribution in [1.82, 2.24) is 4.98 Å². The summed E-state index contributed by atoms with van der Waals surface area (Å²) in [5, 5.41) is 0. The number of hydrogen-bond acceptors (Lipinski definition) is 5. The number of halogens is 3. The number of esters is 1. The van der Waals surface area contributed by atoms with Crippen LogP contribution in [0.4, 0.5) is 13.2 Å². The minimum Gasteiger partial charge on any atom is -0.461 e. The zero-order valence-corrected chi connectivity index (χ0v) is 15.5. The van der Waals surface area contributed by atoms with Gasteiger partial charge in [-0.25, -0.2) is 9.78 Å². The molecule has 3 rings (SSSR count). The number of nitrogens with zero attached hydrogens (tertiary/aromatic N) is 1. The van der Waals surface area contributed by atoms with E-state index in [0.717, 1.165) is 12.1 Å². The van der Waals surface area contributed by atoms with E-state index >= 15 is 0 Å². The van der Waals surface area contributed by atoms with Gasteiger partial charge in [0.1, 0.15) is 0 Å². The molecule has 0 bridgehead atoms. The van der Waals surface area contributed by atoms with Crippen molar-refractivity contribution in [3.05, 3.63) is 65.4 Å². The number of rotatable bonds is 5. The fraction of sp³-hybridized carbons (Fsp3) is 0.190. The average Bonchev–Trinajstić information content (AvgIpc) is 3.13. The summed E-state index contributed by atoms with van der Waals surface area (Å²) in [5.41, 5.74) is 0.156. The van der Waals surface area contributed by atoms with Gasteiger partial charge in [0.05, 0.1) is 12.2 Å². The van der Waals surface area contributed by atoms with Crippen LogP contribution < -0.4 is 0 Å². The van der Waals surface area contributed by atoms with Gasteiger partial charge in [-0.3, -0.25) is 4.79 Å². The van der Waals surface area contributed by atoms with Crippen molar-refractivity contribution in [2.24, 2.45) is 0 Å². The van der Waals surface area contributed by atoms with Crippen LogP contribution in [0.25, 0.3) is 22.8 Å². The zero-order valence-electron chi connectivity index (χ0n) is 15.5. The number of ether oxygens (including phenoxy) is 1. The van der Waals surface area contributed by atoms with Gasteiger partial charge in [0.15, 0.2) is 17.2 Å². The summed E-state index contributed by atoms with van der Waals surface area (Å²) in [7, 11) is 0. The van der Waals surface area contributed by atoms with Crippen LogP contribution in [-0.4, -0.2) is 23.3 Å². The molecule has 1 heterocycles. The maximum atomic E-state index is 12.8. The van der Waals surface area contributed by atoms with E-state index in [2.05, 4.69) is 4.98 Å². The molecule has 0 aliphatic heterocycles. The van der Waals surface area contributed by atoms with Gasteiger partial charge in [-0.15, -0.1) is 0 Å². The Balaban J connectivity index is 2.09. The van der Waals surface area contributed by atoms with Gasteiger partial charge < -0.3 is 9.15 Å². The first kappa shape index (κ1) is 20.3. The third-order valence-corrected chi connectivity index (χ3v) is 4.09. The number of benzene rings is 2. The Labute approximate surface area is 164 Å². The summed E-state index contributed by atoms with van der Waals surface area (Å²) >= 11 is 0. The maximum absolute atomic E-state index is 12.8. The Morgan fingerprint density at radius 3 is 2.34 bits per heavy atom. The summed E-state index contributed by atoms with van der Waals surface area (Å²) in [4.78, 5) is 28.1. The number of hydrogen-bond donors (Lipinski definition) is 0. The highest BCUT2D eigenvalue weighted by Crippen LogP contribution is 2.33. The molecule has 0 atom stereocenters. The van der Waals surface area contributed by atoms with E-state index < -0.39 is 17.7 Å². The van der Waals surface area contributed by atoms with Crippen molar-refractivity contribution >= 4 is 11.8 Å². The molecule has 5 nitrogen and oxygen atoms in total. The number of ketones is 1. The van der Waals surface area contributed by atoms with Crippen LogP contribution >= 0.6 is 0 Å². The van der Waals surface area contributed by atoms with Crippen LogP contribution in [0.1, 0.15) is 40.3 Å². The minimum atomic E-state index is -4.47. The number of aromatic nitrogens is 1. The molecule has 0 N–H and O–H groups in total. The van der Waals surface area contributed by atoms with E-state index in [1.165, 1.54) is 19.1 Å². The van der Waals surface area contributed by atoms with Gasteiger partial charge in [0.25, 0.3) is 0 Å². The fourth-order valence-corrected chi connectivity index (χ4v) is 2.66. The first-order valence-electron chi connectivity index (χ1n) is 8.67. The second-order valence-electron chi connectivity index (χ2n) is 6.13. The van der Waals surface area contributed by atoms with Crippen LogP contribution in [0.2, 0.25) is 0 Å². The summed E-state index contributed by atoms with van der Waals surface area (Å²) in [6, 6.07) is 10.6. The molecule has 29 heavy (non-hydrogen) atoms. The highest BCUT2D eigenvalue weighted by molar-refractivity contribution is 5.97. The van der Waals surface area contributed by atoms with Crippen molar-refractivity contribution in [1.29, 1.82) is 0 Å².